The first kappa shape index (κ1) is 12.4. The monoisotopic (exact) mass is 184 g/mol. The Kier molecular flexibility index (Phi) is 7.66. The normalized spacial score (nSPS) is 12.8. The fourth-order valence-electron chi connectivity index (χ4n) is 1.40. The van der Waals surface area contributed by atoms with E-state index < -0.39 is 0 Å². The van der Waals surface area contributed by atoms with E-state index in [1.807, 2.05) is 0 Å². The summed E-state index contributed by atoms with van der Waals surface area (Å²) in [5, 5.41) is 8.40. The summed E-state index contributed by atoms with van der Waals surface area (Å²) in [5.41, 5.74) is 0. The van der Waals surface area contributed by atoms with Crippen LogP contribution in [0.2, 0.25) is 0 Å². The highest BCUT2D eigenvalue weighted by molar-refractivity contribution is 4.72. The Hall–Kier alpha value is -0.590. The third-order valence-corrected chi connectivity index (χ3v) is 2.17. The van der Waals surface area contributed by atoms with Gasteiger partial charge in [-0.05, 0) is 26.4 Å². The molecule has 0 spiro atoms. The summed E-state index contributed by atoms with van der Waals surface area (Å²) in [4.78, 5) is 2.33. The van der Waals surface area contributed by atoms with Gasteiger partial charge in [0.05, 0.1) is 12.7 Å². The fourth-order valence-corrected chi connectivity index (χ4v) is 1.40. The number of hydrogen-bond acceptors (Lipinski definition) is 3. The van der Waals surface area contributed by atoms with Gasteiger partial charge < -0.3 is 4.74 Å². The minimum atomic E-state index is 0.452. The van der Waals surface area contributed by atoms with Crippen LogP contribution in [0.3, 0.4) is 0 Å². The SMILES string of the molecule is CCN(CCCC#N)C(C)COC. The van der Waals surface area contributed by atoms with Crippen LogP contribution in [0.25, 0.3) is 0 Å². The maximum atomic E-state index is 8.40. The quantitative estimate of drug-likeness (QED) is 0.564. The standard InChI is InChI=1S/C10H20N2O/c1-4-12(8-6-5-7-11)10(2)9-13-3/h10H,4-6,8-9H2,1-3H3. The molecule has 0 saturated heterocycles. The van der Waals surface area contributed by atoms with Crippen molar-refractivity contribution in [2.24, 2.45) is 0 Å². The maximum absolute atomic E-state index is 8.40. The molecule has 0 bridgehead atoms. The molecule has 1 unspecified atom stereocenters. The van der Waals surface area contributed by atoms with Gasteiger partial charge in [-0.3, -0.25) is 4.90 Å². The number of nitrogens with zero attached hydrogens (tertiary/aromatic N) is 2. The first-order chi connectivity index (χ1) is 6.26. The van der Waals surface area contributed by atoms with Crippen LogP contribution in [0.5, 0.6) is 0 Å². The molecule has 0 heterocycles. The van der Waals surface area contributed by atoms with Gasteiger partial charge in [0.1, 0.15) is 0 Å². The zero-order valence-electron chi connectivity index (χ0n) is 8.92. The molecule has 0 aromatic heterocycles. The van der Waals surface area contributed by atoms with Crippen molar-refractivity contribution in [3.63, 3.8) is 0 Å². The van der Waals surface area contributed by atoms with Crippen molar-refractivity contribution < 1.29 is 4.74 Å². The lowest BCUT2D eigenvalue weighted by Crippen LogP contribution is -2.36. The zero-order chi connectivity index (χ0) is 10.1. The van der Waals surface area contributed by atoms with Gasteiger partial charge in [0.2, 0.25) is 0 Å². The molecule has 0 aromatic carbocycles. The van der Waals surface area contributed by atoms with Gasteiger partial charge in [-0.2, -0.15) is 5.26 Å². The highest BCUT2D eigenvalue weighted by Crippen LogP contribution is 2.01. The molecule has 0 aromatic rings. The Morgan fingerprint density at radius 3 is 2.69 bits per heavy atom. The van der Waals surface area contributed by atoms with Crippen LogP contribution in [-0.2, 0) is 4.74 Å². The molecule has 3 nitrogen and oxygen atoms in total. The van der Waals surface area contributed by atoms with E-state index in [-0.39, 0.29) is 0 Å². The Balaban J connectivity index is 3.67. The van der Waals surface area contributed by atoms with Crippen molar-refractivity contribution >= 4 is 0 Å². The Labute approximate surface area is 81.3 Å². The second-order valence-electron chi connectivity index (χ2n) is 3.19. The average molecular weight is 184 g/mol. The lowest BCUT2D eigenvalue weighted by atomic mass is 10.2. The number of ether oxygens (including phenoxy) is 1. The predicted octanol–water partition coefficient (Wildman–Crippen LogP) is 1.65. The van der Waals surface area contributed by atoms with Crippen LogP contribution in [-0.4, -0.2) is 37.7 Å². The Bertz CT molecular complexity index is 153. The van der Waals surface area contributed by atoms with Gasteiger partial charge >= 0.3 is 0 Å². The fraction of sp³-hybridized carbons (Fsp3) is 0.900. The summed E-state index contributed by atoms with van der Waals surface area (Å²) >= 11 is 0. The van der Waals surface area contributed by atoms with Crippen LogP contribution in [0, 0.1) is 11.3 Å². The molecular weight excluding hydrogens is 164 g/mol. The van der Waals surface area contributed by atoms with Crippen molar-refractivity contribution in [1.29, 1.82) is 5.26 Å². The molecule has 0 rings (SSSR count). The molecule has 0 amide bonds. The summed E-state index contributed by atoms with van der Waals surface area (Å²) in [6.45, 7) is 7.07. The number of methoxy groups -OCH3 is 1. The molecule has 76 valence electrons. The van der Waals surface area contributed by atoms with Crippen LogP contribution >= 0.6 is 0 Å². The molecule has 1 atom stereocenters. The van der Waals surface area contributed by atoms with Gasteiger partial charge in [0, 0.05) is 19.6 Å². The maximum Gasteiger partial charge on any atom is 0.0622 e. The molecule has 0 aliphatic heterocycles. The van der Waals surface area contributed by atoms with Gasteiger partial charge in [-0.25, -0.2) is 0 Å². The van der Waals surface area contributed by atoms with E-state index in [9.17, 15) is 0 Å². The van der Waals surface area contributed by atoms with Gasteiger partial charge in [0.25, 0.3) is 0 Å². The van der Waals surface area contributed by atoms with E-state index in [0.29, 0.717) is 12.5 Å². The lowest BCUT2D eigenvalue weighted by Gasteiger charge is -2.26. The van der Waals surface area contributed by atoms with Crippen LogP contribution in [0.1, 0.15) is 26.7 Å². The molecule has 0 radical (unpaired) electrons. The van der Waals surface area contributed by atoms with Crippen molar-refractivity contribution in [1.82, 2.24) is 4.90 Å². The Morgan fingerprint density at radius 1 is 1.54 bits per heavy atom. The molecule has 0 N–H and O–H groups in total. The molecule has 3 heteroatoms. The summed E-state index contributed by atoms with van der Waals surface area (Å²) in [6, 6.07) is 2.61. The molecule has 0 fully saturated rings. The minimum absolute atomic E-state index is 0.452. The van der Waals surface area contributed by atoms with Gasteiger partial charge in [-0.15, -0.1) is 0 Å². The van der Waals surface area contributed by atoms with Crippen LogP contribution < -0.4 is 0 Å². The summed E-state index contributed by atoms with van der Waals surface area (Å²) in [7, 11) is 1.72. The second-order valence-corrected chi connectivity index (χ2v) is 3.19. The number of rotatable bonds is 7. The Morgan fingerprint density at radius 2 is 2.23 bits per heavy atom. The van der Waals surface area contributed by atoms with Crippen LogP contribution in [0.15, 0.2) is 0 Å². The van der Waals surface area contributed by atoms with Gasteiger partial charge in [0.15, 0.2) is 0 Å². The van der Waals surface area contributed by atoms with Crippen molar-refractivity contribution in [3.05, 3.63) is 0 Å². The van der Waals surface area contributed by atoms with E-state index in [1.165, 1.54) is 0 Å². The number of nitriles is 1. The van der Waals surface area contributed by atoms with E-state index >= 15 is 0 Å². The minimum Gasteiger partial charge on any atom is -0.383 e. The largest absolute Gasteiger partial charge is 0.383 e. The molecule has 0 aliphatic carbocycles. The highest BCUT2D eigenvalue weighted by atomic mass is 16.5. The average Bonchev–Trinajstić information content (AvgIpc) is 2.13. The topological polar surface area (TPSA) is 36.3 Å². The number of hydrogen-bond donors (Lipinski definition) is 0. The summed E-state index contributed by atoms with van der Waals surface area (Å²) in [6.07, 6.45) is 1.61. The van der Waals surface area contributed by atoms with Crippen molar-refractivity contribution in [2.75, 3.05) is 26.8 Å². The zero-order valence-corrected chi connectivity index (χ0v) is 8.92. The highest BCUT2D eigenvalue weighted by Gasteiger charge is 2.10. The van der Waals surface area contributed by atoms with Crippen LogP contribution in [0.4, 0.5) is 0 Å². The third-order valence-electron chi connectivity index (χ3n) is 2.17. The predicted molar refractivity (Wildman–Crippen MR) is 53.4 cm³/mol. The molecular formula is C10H20N2O. The lowest BCUT2D eigenvalue weighted by molar-refractivity contribution is 0.102. The summed E-state index contributed by atoms with van der Waals surface area (Å²) < 4.78 is 5.09. The molecule has 0 aliphatic rings. The van der Waals surface area contributed by atoms with Crippen molar-refractivity contribution in [2.45, 2.75) is 32.7 Å². The first-order valence-electron chi connectivity index (χ1n) is 4.86. The third kappa shape index (κ3) is 5.62. The first-order valence-corrected chi connectivity index (χ1v) is 4.86. The number of likely N-dealkylation sites (N-methyl/N-ethyl adjacent to an activating group) is 1. The number of unbranched alkanes of at least 4 members (excludes halogenated alkanes) is 1. The van der Waals surface area contributed by atoms with Gasteiger partial charge in [-0.1, -0.05) is 6.92 Å². The molecule has 0 saturated carbocycles. The van der Waals surface area contributed by atoms with E-state index in [2.05, 4.69) is 24.8 Å². The second kappa shape index (κ2) is 8.03. The smallest absolute Gasteiger partial charge is 0.0622 e. The molecule has 13 heavy (non-hydrogen) atoms. The van der Waals surface area contributed by atoms with E-state index in [0.717, 1.165) is 26.1 Å². The van der Waals surface area contributed by atoms with E-state index in [1.54, 1.807) is 7.11 Å². The van der Waals surface area contributed by atoms with E-state index in [4.69, 9.17) is 10.00 Å². The van der Waals surface area contributed by atoms with Crippen molar-refractivity contribution in [3.8, 4) is 6.07 Å². The summed E-state index contributed by atoms with van der Waals surface area (Å²) in [5.74, 6) is 0.